The smallest absolute Gasteiger partial charge is 0.262 e. The molecule has 0 aliphatic heterocycles. The largest absolute Gasteiger partial charge is 0.484 e. The molecule has 0 unspecified atom stereocenters. The molecule has 1 N–H and O–H groups in total. The van der Waals surface area contributed by atoms with Gasteiger partial charge in [-0.05, 0) is 85.6 Å². The summed E-state index contributed by atoms with van der Waals surface area (Å²) in [5.41, 5.74) is 2.87. The highest BCUT2D eigenvalue weighted by Crippen LogP contribution is 2.24. The van der Waals surface area contributed by atoms with Gasteiger partial charge in [-0.25, -0.2) is 0 Å². The van der Waals surface area contributed by atoms with Gasteiger partial charge in [0.1, 0.15) is 17.2 Å². The number of anilines is 1. The first-order valence-corrected chi connectivity index (χ1v) is 8.90. The van der Waals surface area contributed by atoms with Crippen molar-refractivity contribution in [3.63, 3.8) is 0 Å². The van der Waals surface area contributed by atoms with Crippen LogP contribution in [0.15, 0.2) is 66.7 Å². The van der Waals surface area contributed by atoms with Crippen LogP contribution >= 0.6 is 11.6 Å². The number of halogens is 1. The van der Waals surface area contributed by atoms with Crippen LogP contribution in [0.4, 0.5) is 5.69 Å². The average Bonchev–Trinajstić information content (AvgIpc) is 2.63. The van der Waals surface area contributed by atoms with E-state index in [2.05, 4.69) is 11.4 Å². The minimum atomic E-state index is -0.222. The highest BCUT2D eigenvalue weighted by atomic mass is 35.5. The molecule has 0 radical (unpaired) electrons. The average molecular weight is 382 g/mol. The molecule has 5 heteroatoms. The molecular weight excluding hydrogens is 362 g/mol. The molecule has 0 saturated heterocycles. The summed E-state index contributed by atoms with van der Waals surface area (Å²) in [6.45, 7) is 3.94. The summed E-state index contributed by atoms with van der Waals surface area (Å²) in [5.74, 6) is 1.83. The number of amides is 1. The topological polar surface area (TPSA) is 47.6 Å². The van der Waals surface area contributed by atoms with E-state index in [0.29, 0.717) is 28.0 Å². The van der Waals surface area contributed by atoms with Crippen molar-refractivity contribution in [3.8, 4) is 17.2 Å². The van der Waals surface area contributed by atoms with Gasteiger partial charge in [0.25, 0.3) is 5.91 Å². The van der Waals surface area contributed by atoms with E-state index in [-0.39, 0.29) is 12.5 Å². The van der Waals surface area contributed by atoms with Crippen molar-refractivity contribution in [3.05, 3.63) is 82.9 Å². The zero-order valence-electron chi connectivity index (χ0n) is 15.2. The monoisotopic (exact) mass is 381 g/mol. The van der Waals surface area contributed by atoms with Gasteiger partial charge in [-0.1, -0.05) is 17.7 Å². The van der Waals surface area contributed by atoms with Crippen molar-refractivity contribution < 1.29 is 14.3 Å². The van der Waals surface area contributed by atoms with E-state index in [1.807, 2.05) is 26.0 Å². The quantitative estimate of drug-likeness (QED) is 0.589. The van der Waals surface area contributed by atoms with Gasteiger partial charge in [-0.15, -0.1) is 0 Å². The number of aryl methyl sites for hydroxylation is 2. The summed E-state index contributed by atoms with van der Waals surface area (Å²) in [7, 11) is 0. The lowest BCUT2D eigenvalue weighted by molar-refractivity contribution is -0.118. The van der Waals surface area contributed by atoms with Crippen LogP contribution in [0.25, 0.3) is 0 Å². The Labute approximate surface area is 163 Å². The molecule has 0 heterocycles. The Morgan fingerprint density at radius 2 is 1.41 bits per heavy atom. The van der Waals surface area contributed by atoms with Crippen LogP contribution in [0.1, 0.15) is 11.1 Å². The van der Waals surface area contributed by atoms with Crippen LogP contribution in [0, 0.1) is 13.8 Å². The molecule has 4 nitrogen and oxygen atoms in total. The highest BCUT2D eigenvalue weighted by Gasteiger charge is 2.05. The molecular formula is C22H20ClNO3. The standard InChI is InChI=1S/C22H20ClNO3/c1-15-11-16(2)13-21(12-15)26-14-22(25)24-18-5-9-20(10-6-18)27-19-7-3-17(23)4-8-19/h3-13H,14H2,1-2H3,(H,24,25). The van der Waals surface area contributed by atoms with Crippen LogP contribution in [0.5, 0.6) is 17.2 Å². The van der Waals surface area contributed by atoms with Crippen LogP contribution in [-0.4, -0.2) is 12.5 Å². The molecule has 1 amide bonds. The number of benzene rings is 3. The first-order chi connectivity index (χ1) is 13.0. The second-order valence-corrected chi connectivity index (χ2v) is 6.68. The maximum atomic E-state index is 12.1. The summed E-state index contributed by atoms with van der Waals surface area (Å²) in [6.07, 6.45) is 0. The summed E-state index contributed by atoms with van der Waals surface area (Å²) in [6, 6.07) is 20.1. The molecule has 0 fully saturated rings. The fourth-order valence-corrected chi connectivity index (χ4v) is 2.73. The summed E-state index contributed by atoms with van der Waals surface area (Å²) < 4.78 is 11.3. The third kappa shape index (κ3) is 5.76. The minimum Gasteiger partial charge on any atom is -0.484 e. The molecule has 27 heavy (non-hydrogen) atoms. The van der Waals surface area contributed by atoms with Crippen LogP contribution in [-0.2, 0) is 4.79 Å². The Kier molecular flexibility index (Phi) is 5.99. The normalized spacial score (nSPS) is 10.3. The lowest BCUT2D eigenvalue weighted by Gasteiger charge is -2.10. The van der Waals surface area contributed by atoms with Gasteiger partial charge in [0.05, 0.1) is 0 Å². The van der Waals surface area contributed by atoms with Crippen molar-refractivity contribution >= 4 is 23.2 Å². The number of hydrogen-bond acceptors (Lipinski definition) is 3. The van der Waals surface area contributed by atoms with Crippen LogP contribution in [0.2, 0.25) is 5.02 Å². The first kappa shape index (κ1) is 18.8. The van der Waals surface area contributed by atoms with E-state index >= 15 is 0 Å². The van der Waals surface area contributed by atoms with Crippen molar-refractivity contribution in [2.75, 3.05) is 11.9 Å². The number of hydrogen-bond donors (Lipinski definition) is 1. The fraction of sp³-hybridized carbons (Fsp3) is 0.136. The molecule has 3 rings (SSSR count). The first-order valence-electron chi connectivity index (χ1n) is 8.52. The van der Waals surface area contributed by atoms with Crippen molar-refractivity contribution in [1.82, 2.24) is 0 Å². The van der Waals surface area contributed by atoms with E-state index in [1.165, 1.54) is 0 Å². The number of nitrogens with one attached hydrogen (secondary N) is 1. The predicted molar refractivity (Wildman–Crippen MR) is 108 cm³/mol. The summed E-state index contributed by atoms with van der Waals surface area (Å²) in [5, 5.41) is 3.46. The fourth-order valence-electron chi connectivity index (χ4n) is 2.61. The Bertz CT molecular complexity index is 901. The molecule has 0 bridgehead atoms. The SMILES string of the molecule is Cc1cc(C)cc(OCC(=O)Nc2ccc(Oc3ccc(Cl)cc3)cc2)c1. The minimum absolute atomic E-state index is 0.0497. The third-order valence-electron chi connectivity index (χ3n) is 3.75. The molecule has 0 aliphatic carbocycles. The van der Waals surface area contributed by atoms with E-state index in [9.17, 15) is 4.79 Å². The molecule has 0 spiro atoms. The Morgan fingerprint density at radius 3 is 2.00 bits per heavy atom. The van der Waals surface area contributed by atoms with Crippen LogP contribution < -0.4 is 14.8 Å². The second-order valence-electron chi connectivity index (χ2n) is 6.24. The molecule has 0 saturated carbocycles. The molecule has 0 atom stereocenters. The molecule has 138 valence electrons. The number of carbonyl (C=O) groups excluding carboxylic acids is 1. The van der Waals surface area contributed by atoms with Gasteiger partial charge in [0, 0.05) is 10.7 Å². The van der Waals surface area contributed by atoms with Gasteiger partial charge in [0.2, 0.25) is 0 Å². The van der Waals surface area contributed by atoms with E-state index in [0.717, 1.165) is 11.1 Å². The van der Waals surface area contributed by atoms with Gasteiger partial charge in [0.15, 0.2) is 6.61 Å². The summed E-state index contributed by atoms with van der Waals surface area (Å²) >= 11 is 5.86. The van der Waals surface area contributed by atoms with Gasteiger partial charge in [-0.2, -0.15) is 0 Å². The Morgan fingerprint density at radius 1 is 0.852 bits per heavy atom. The lowest BCUT2D eigenvalue weighted by Crippen LogP contribution is -2.20. The molecule has 3 aromatic rings. The summed E-state index contributed by atoms with van der Waals surface area (Å²) in [4.78, 5) is 12.1. The molecule has 0 aliphatic rings. The number of carbonyl (C=O) groups is 1. The Hall–Kier alpha value is -2.98. The lowest BCUT2D eigenvalue weighted by atomic mass is 10.1. The Balaban J connectivity index is 1.52. The van der Waals surface area contributed by atoms with Gasteiger partial charge in [-0.3, -0.25) is 4.79 Å². The highest BCUT2D eigenvalue weighted by molar-refractivity contribution is 6.30. The maximum absolute atomic E-state index is 12.1. The van der Waals surface area contributed by atoms with Crippen molar-refractivity contribution in [2.45, 2.75) is 13.8 Å². The number of rotatable bonds is 6. The van der Waals surface area contributed by atoms with E-state index in [1.54, 1.807) is 48.5 Å². The van der Waals surface area contributed by atoms with Crippen molar-refractivity contribution in [1.29, 1.82) is 0 Å². The van der Waals surface area contributed by atoms with Gasteiger partial charge >= 0.3 is 0 Å². The molecule has 3 aromatic carbocycles. The third-order valence-corrected chi connectivity index (χ3v) is 4.00. The maximum Gasteiger partial charge on any atom is 0.262 e. The predicted octanol–water partition coefficient (Wildman–Crippen LogP) is 5.77. The zero-order chi connectivity index (χ0) is 19.2. The zero-order valence-corrected chi connectivity index (χ0v) is 15.9. The second kappa shape index (κ2) is 8.60. The van der Waals surface area contributed by atoms with Crippen molar-refractivity contribution in [2.24, 2.45) is 0 Å². The number of ether oxygens (including phenoxy) is 2. The van der Waals surface area contributed by atoms with E-state index in [4.69, 9.17) is 21.1 Å². The molecule has 0 aromatic heterocycles. The van der Waals surface area contributed by atoms with Crippen LogP contribution in [0.3, 0.4) is 0 Å². The van der Waals surface area contributed by atoms with Gasteiger partial charge < -0.3 is 14.8 Å². The van der Waals surface area contributed by atoms with E-state index < -0.39 is 0 Å².